The molecular weight excluding hydrogens is 364 g/mol. The molecule has 6 nitrogen and oxygen atoms in total. The Balaban J connectivity index is 1.58. The molecule has 0 saturated heterocycles. The summed E-state index contributed by atoms with van der Waals surface area (Å²) in [6.07, 6.45) is 0.758. The smallest absolute Gasteiger partial charge is 0.271 e. The van der Waals surface area contributed by atoms with E-state index in [1.54, 1.807) is 37.4 Å². The van der Waals surface area contributed by atoms with Gasteiger partial charge in [0.1, 0.15) is 5.75 Å². The van der Waals surface area contributed by atoms with Crippen molar-refractivity contribution < 1.29 is 9.53 Å². The maximum atomic E-state index is 12.2. The zero-order chi connectivity index (χ0) is 19.1. The van der Waals surface area contributed by atoms with E-state index in [4.69, 9.17) is 16.3 Å². The van der Waals surface area contributed by atoms with Crippen LogP contribution in [-0.2, 0) is 6.42 Å². The van der Waals surface area contributed by atoms with E-state index in [1.165, 1.54) is 5.56 Å². The summed E-state index contributed by atoms with van der Waals surface area (Å²) in [5.74, 6) is 0.852. The van der Waals surface area contributed by atoms with Crippen LogP contribution >= 0.6 is 11.6 Å². The number of amides is 1. The van der Waals surface area contributed by atoms with Gasteiger partial charge in [-0.1, -0.05) is 41.9 Å². The van der Waals surface area contributed by atoms with Crippen LogP contribution in [0.4, 0.5) is 11.5 Å². The SMILES string of the molecule is COc1ccc(Cl)cc1Nc1ccc(C(=O)NCCc2ccccc2)nn1. The Morgan fingerprint density at radius 2 is 1.89 bits per heavy atom. The quantitative estimate of drug-likeness (QED) is 0.649. The molecule has 27 heavy (non-hydrogen) atoms. The summed E-state index contributed by atoms with van der Waals surface area (Å²) < 4.78 is 5.28. The molecule has 2 aromatic carbocycles. The number of carbonyl (C=O) groups is 1. The average Bonchev–Trinajstić information content (AvgIpc) is 2.69. The number of carbonyl (C=O) groups excluding carboxylic acids is 1. The van der Waals surface area contributed by atoms with Crippen molar-refractivity contribution in [2.75, 3.05) is 19.0 Å². The third-order valence-corrected chi connectivity index (χ3v) is 4.10. The molecule has 0 spiro atoms. The Hall–Kier alpha value is -3.12. The Kier molecular flexibility index (Phi) is 6.22. The summed E-state index contributed by atoms with van der Waals surface area (Å²) in [4.78, 5) is 12.2. The van der Waals surface area contributed by atoms with Crippen LogP contribution in [0.1, 0.15) is 16.1 Å². The van der Waals surface area contributed by atoms with Gasteiger partial charge in [0.15, 0.2) is 11.5 Å². The van der Waals surface area contributed by atoms with Gasteiger partial charge in [0.2, 0.25) is 0 Å². The lowest BCUT2D eigenvalue weighted by atomic mass is 10.1. The lowest BCUT2D eigenvalue weighted by molar-refractivity contribution is 0.0948. The summed E-state index contributed by atoms with van der Waals surface area (Å²) in [5, 5.41) is 14.5. The first-order valence-corrected chi connectivity index (χ1v) is 8.80. The summed E-state index contributed by atoms with van der Waals surface area (Å²) >= 11 is 6.02. The van der Waals surface area contributed by atoms with Gasteiger partial charge in [-0.15, -0.1) is 10.2 Å². The minimum atomic E-state index is -0.259. The van der Waals surface area contributed by atoms with E-state index in [1.807, 2.05) is 30.3 Å². The number of hydrogen-bond donors (Lipinski definition) is 2. The highest BCUT2D eigenvalue weighted by Crippen LogP contribution is 2.29. The van der Waals surface area contributed by atoms with Crippen molar-refractivity contribution in [1.82, 2.24) is 15.5 Å². The molecule has 0 unspecified atom stereocenters. The Morgan fingerprint density at radius 1 is 1.07 bits per heavy atom. The summed E-state index contributed by atoms with van der Waals surface area (Å²) in [5.41, 5.74) is 2.09. The monoisotopic (exact) mass is 382 g/mol. The highest BCUT2D eigenvalue weighted by Gasteiger charge is 2.09. The van der Waals surface area contributed by atoms with Gasteiger partial charge in [-0.2, -0.15) is 0 Å². The molecule has 0 saturated carbocycles. The molecule has 3 rings (SSSR count). The third-order valence-electron chi connectivity index (χ3n) is 3.86. The molecule has 2 N–H and O–H groups in total. The van der Waals surface area contributed by atoms with Crippen molar-refractivity contribution in [3.05, 3.63) is 76.9 Å². The van der Waals surface area contributed by atoms with E-state index in [-0.39, 0.29) is 11.6 Å². The van der Waals surface area contributed by atoms with Crippen LogP contribution in [-0.4, -0.2) is 29.8 Å². The van der Waals surface area contributed by atoms with Crippen LogP contribution in [0.3, 0.4) is 0 Å². The molecule has 0 atom stereocenters. The lowest BCUT2D eigenvalue weighted by Crippen LogP contribution is -2.26. The van der Waals surface area contributed by atoms with Crippen LogP contribution in [0.5, 0.6) is 5.75 Å². The van der Waals surface area contributed by atoms with Crippen LogP contribution < -0.4 is 15.4 Å². The van der Waals surface area contributed by atoms with Crippen molar-refractivity contribution in [3.8, 4) is 5.75 Å². The van der Waals surface area contributed by atoms with Gasteiger partial charge in [-0.25, -0.2) is 0 Å². The molecule has 3 aromatic rings. The Labute approximate surface area is 162 Å². The molecule has 0 fully saturated rings. The highest BCUT2D eigenvalue weighted by molar-refractivity contribution is 6.31. The second kappa shape index (κ2) is 9.00. The van der Waals surface area contributed by atoms with Gasteiger partial charge < -0.3 is 15.4 Å². The van der Waals surface area contributed by atoms with Crippen LogP contribution in [0.15, 0.2) is 60.7 Å². The predicted molar refractivity (Wildman–Crippen MR) is 106 cm³/mol. The minimum Gasteiger partial charge on any atom is -0.495 e. The number of methoxy groups -OCH3 is 1. The molecule has 1 heterocycles. The summed E-state index contributed by atoms with van der Waals surface area (Å²) in [6.45, 7) is 0.532. The second-order valence-corrected chi connectivity index (χ2v) is 6.20. The van der Waals surface area contributed by atoms with E-state index in [0.29, 0.717) is 28.8 Å². The van der Waals surface area contributed by atoms with Crippen LogP contribution in [0, 0.1) is 0 Å². The first-order valence-electron chi connectivity index (χ1n) is 8.42. The maximum Gasteiger partial charge on any atom is 0.271 e. The Bertz CT molecular complexity index is 902. The van der Waals surface area contributed by atoms with Crippen LogP contribution in [0.25, 0.3) is 0 Å². The van der Waals surface area contributed by atoms with Gasteiger partial charge in [0.05, 0.1) is 12.8 Å². The number of ether oxygens (including phenoxy) is 1. The number of rotatable bonds is 7. The van der Waals surface area contributed by atoms with E-state index < -0.39 is 0 Å². The van der Waals surface area contributed by atoms with E-state index in [0.717, 1.165) is 6.42 Å². The molecule has 138 valence electrons. The molecule has 0 aliphatic carbocycles. The number of anilines is 2. The van der Waals surface area contributed by atoms with Gasteiger partial charge in [-0.05, 0) is 42.3 Å². The van der Waals surface area contributed by atoms with Crippen molar-refractivity contribution in [1.29, 1.82) is 0 Å². The second-order valence-electron chi connectivity index (χ2n) is 5.76. The van der Waals surface area contributed by atoms with E-state index in [9.17, 15) is 4.79 Å². The number of nitrogens with one attached hydrogen (secondary N) is 2. The first kappa shape index (κ1) is 18.7. The zero-order valence-corrected chi connectivity index (χ0v) is 15.5. The lowest BCUT2D eigenvalue weighted by Gasteiger charge is -2.10. The largest absolute Gasteiger partial charge is 0.495 e. The topological polar surface area (TPSA) is 76.1 Å². The van der Waals surface area contributed by atoms with Gasteiger partial charge in [0.25, 0.3) is 5.91 Å². The number of hydrogen-bond acceptors (Lipinski definition) is 5. The van der Waals surface area contributed by atoms with Crippen molar-refractivity contribution >= 4 is 29.0 Å². The average molecular weight is 383 g/mol. The first-order chi connectivity index (χ1) is 13.2. The zero-order valence-electron chi connectivity index (χ0n) is 14.8. The predicted octanol–water partition coefficient (Wildman–Crippen LogP) is 3.85. The van der Waals surface area contributed by atoms with E-state index in [2.05, 4.69) is 20.8 Å². The van der Waals surface area contributed by atoms with Crippen molar-refractivity contribution in [2.24, 2.45) is 0 Å². The fourth-order valence-corrected chi connectivity index (χ4v) is 2.66. The number of aromatic nitrogens is 2. The van der Waals surface area contributed by atoms with Gasteiger partial charge in [-0.3, -0.25) is 4.79 Å². The number of halogens is 1. The van der Waals surface area contributed by atoms with Crippen molar-refractivity contribution in [2.45, 2.75) is 6.42 Å². The molecule has 1 aromatic heterocycles. The maximum absolute atomic E-state index is 12.2. The molecule has 0 radical (unpaired) electrons. The highest BCUT2D eigenvalue weighted by atomic mass is 35.5. The summed E-state index contributed by atoms with van der Waals surface area (Å²) in [7, 11) is 1.57. The molecule has 0 aliphatic rings. The minimum absolute atomic E-state index is 0.256. The van der Waals surface area contributed by atoms with Crippen LogP contribution in [0.2, 0.25) is 5.02 Å². The fourth-order valence-electron chi connectivity index (χ4n) is 2.49. The molecular formula is C20H19ClN4O2. The van der Waals surface area contributed by atoms with Gasteiger partial charge in [0, 0.05) is 11.6 Å². The standard InChI is InChI=1S/C20H19ClN4O2/c1-27-18-9-7-15(21)13-17(18)23-19-10-8-16(24-25-19)20(26)22-12-11-14-5-3-2-4-6-14/h2-10,13H,11-12H2,1H3,(H,22,26)(H,23,25). The molecule has 0 bridgehead atoms. The van der Waals surface area contributed by atoms with Crippen molar-refractivity contribution in [3.63, 3.8) is 0 Å². The fraction of sp³-hybridized carbons (Fsp3) is 0.150. The third kappa shape index (κ3) is 5.18. The molecule has 7 heteroatoms. The molecule has 1 amide bonds. The van der Waals surface area contributed by atoms with Gasteiger partial charge >= 0.3 is 0 Å². The number of benzene rings is 2. The Morgan fingerprint density at radius 3 is 2.59 bits per heavy atom. The normalized spacial score (nSPS) is 10.3. The number of nitrogens with zero attached hydrogens (tertiary/aromatic N) is 2. The summed E-state index contributed by atoms with van der Waals surface area (Å²) in [6, 6.07) is 18.5. The van der Waals surface area contributed by atoms with E-state index >= 15 is 0 Å². The molecule has 0 aliphatic heterocycles.